The van der Waals surface area contributed by atoms with Crippen molar-refractivity contribution in [3.8, 4) is 11.5 Å². The van der Waals surface area contributed by atoms with Crippen LogP contribution in [0.5, 0.6) is 11.5 Å². The van der Waals surface area contributed by atoms with E-state index < -0.39 is 0 Å². The summed E-state index contributed by atoms with van der Waals surface area (Å²) in [4.78, 5) is 13.7. The molecule has 1 aliphatic heterocycles. The summed E-state index contributed by atoms with van der Waals surface area (Å²) in [6, 6.07) is 7.44. The lowest BCUT2D eigenvalue weighted by Crippen LogP contribution is -2.40. The number of hydrogen-bond acceptors (Lipinski definition) is 4. The maximum absolute atomic E-state index is 11.9. The Kier molecular flexibility index (Phi) is 5.68. The van der Waals surface area contributed by atoms with Gasteiger partial charge in [-0.3, -0.25) is 4.79 Å². The zero-order chi connectivity index (χ0) is 14.2. The number of benzene rings is 1. The van der Waals surface area contributed by atoms with Crippen molar-refractivity contribution in [2.75, 3.05) is 40.0 Å². The summed E-state index contributed by atoms with van der Waals surface area (Å²) in [5.41, 5.74) is 0. The summed E-state index contributed by atoms with van der Waals surface area (Å²) in [5.74, 6) is 1.79. The lowest BCUT2D eigenvalue weighted by Gasteiger charge is -2.26. The van der Waals surface area contributed by atoms with Crippen LogP contribution in [0.4, 0.5) is 0 Å². The third-order valence-electron chi connectivity index (χ3n) is 3.23. The molecular weight excluding hydrogens is 258 g/mol. The van der Waals surface area contributed by atoms with E-state index in [9.17, 15) is 4.79 Å². The van der Waals surface area contributed by atoms with E-state index in [1.807, 2.05) is 29.2 Å². The van der Waals surface area contributed by atoms with Crippen LogP contribution in [0, 0.1) is 0 Å². The summed E-state index contributed by atoms with van der Waals surface area (Å²) in [7, 11) is 1.63. The average molecular weight is 279 g/mol. The quantitative estimate of drug-likeness (QED) is 0.744. The van der Waals surface area contributed by atoms with Gasteiger partial charge in [-0.2, -0.15) is 0 Å². The summed E-state index contributed by atoms with van der Waals surface area (Å²) >= 11 is 0. The van der Waals surface area contributed by atoms with Gasteiger partial charge in [0.25, 0.3) is 0 Å². The first-order chi connectivity index (χ1) is 9.79. The second-order valence-corrected chi connectivity index (χ2v) is 4.62. The molecule has 0 unspecified atom stereocenters. The highest BCUT2D eigenvalue weighted by Gasteiger charge is 2.15. The third kappa shape index (κ3) is 4.42. The lowest BCUT2D eigenvalue weighted by molar-refractivity contribution is -0.135. The molecule has 0 aliphatic carbocycles. The van der Waals surface area contributed by atoms with Gasteiger partial charge in [-0.05, 0) is 30.7 Å². The number of nitrogens with zero attached hydrogens (tertiary/aromatic N) is 1. The second kappa shape index (κ2) is 7.75. The van der Waals surface area contributed by atoms with Gasteiger partial charge in [0.1, 0.15) is 11.5 Å². The Morgan fingerprint density at radius 3 is 2.50 bits per heavy atom. The summed E-state index contributed by atoms with van der Waals surface area (Å²) in [6.45, 7) is 3.25. The Labute approximate surface area is 119 Å². The molecule has 1 aromatic rings. The van der Waals surface area contributed by atoms with Crippen molar-refractivity contribution in [1.29, 1.82) is 0 Å². The van der Waals surface area contributed by atoms with Crippen molar-refractivity contribution in [1.82, 2.24) is 4.90 Å². The Morgan fingerprint density at radius 2 is 1.85 bits per heavy atom. The number of carbonyl (C=O) groups is 1. The van der Waals surface area contributed by atoms with Crippen LogP contribution >= 0.6 is 0 Å². The normalized spacial score (nSPS) is 14.9. The molecule has 5 heteroatoms. The van der Waals surface area contributed by atoms with Crippen molar-refractivity contribution in [2.45, 2.75) is 12.8 Å². The fraction of sp³-hybridized carbons (Fsp3) is 0.533. The maximum atomic E-state index is 11.9. The van der Waals surface area contributed by atoms with Crippen molar-refractivity contribution in [2.24, 2.45) is 0 Å². The van der Waals surface area contributed by atoms with Crippen LogP contribution in [0.2, 0.25) is 0 Å². The fourth-order valence-electron chi connectivity index (χ4n) is 2.06. The van der Waals surface area contributed by atoms with E-state index in [1.165, 1.54) is 0 Å². The minimum Gasteiger partial charge on any atom is -0.497 e. The first-order valence-electron chi connectivity index (χ1n) is 6.92. The highest BCUT2D eigenvalue weighted by Crippen LogP contribution is 2.17. The summed E-state index contributed by atoms with van der Waals surface area (Å²) in [5, 5.41) is 0. The Balaban J connectivity index is 1.64. The predicted octanol–water partition coefficient (Wildman–Crippen LogP) is 1.71. The van der Waals surface area contributed by atoms with Crippen LogP contribution in [0.3, 0.4) is 0 Å². The largest absolute Gasteiger partial charge is 0.497 e. The van der Waals surface area contributed by atoms with Crippen LogP contribution in [0.15, 0.2) is 24.3 Å². The van der Waals surface area contributed by atoms with Crippen LogP contribution in [-0.4, -0.2) is 50.8 Å². The molecule has 110 valence electrons. The van der Waals surface area contributed by atoms with E-state index in [-0.39, 0.29) is 5.91 Å². The highest BCUT2D eigenvalue weighted by molar-refractivity contribution is 5.76. The molecule has 2 rings (SSSR count). The van der Waals surface area contributed by atoms with Gasteiger partial charge < -0.3 is 19.1 Å². The number of carbonyl (C=O) groups excluding carboxylic acids is 1. The molecule has 1 heterocycles. The molecule has 0 aromatic heterocycles. The summed E-state index contributed by atoms with van der Waals surface area (Å²) in [6.07, 6.45) is 1.25. The number of methoxy groups -OCH3 is 1. The minimum atomic E-state index is 0.187. The van der Waals surface area contributed by atoms with Crippen LogP contribution in [0.1, 0.15) is 12.8 Å². The average Bonchev–Trinajstić information content (AvgIpc) is 2.53. The molecule has 1 saturated heterocycles. The van der Waals surface area contributed by atoms with E-state index in [0.29, 0.717) is 39.3 Å². The topological polar surface area (TPSA) is 48.0 Å². The first-order valence-corrected chi connectivity index (χ1v) is 6.92. The third-order valence-corrected chi connectivity index (χ3v) is 3.23. The number of ether oxygens (including phenoxy) is 3. The van der Waals surface area contributed by atoms with E-state index in [0.717, 1.165) is 17.9 Å². The Hall–Kier alpha value is -1.75. The van der Waals surface area contributed by atoms with Crippen molar-refractivity contribution >= 4 is 5.91 Å². The molecule has 0 saturated carbocycles. The van der Waals surface area contributed by atoms with E-state index in [4.69, 9.17) is 14.2 Å². The Morgan fingerprint density at radius 1 is 1.20 bits per heavy atom. The van der Waals surface area contributed by atoms with Crippen molar-refractivity contribution in [3.63, 3.8) is 0 Å². The maximum Gasteiger partial charge on any atom is 0.222 e. The predicted molar refractivity (Wildman–Crippen MR) is 75.1 cm³/mol. The smallest absolute Gasteiger partial charge is 0.222 e. The molecule has 5 nitrogen and oxygen atoms in total. The zero-order valence-electron chi connectivity index (χ0n) is 11.8. The van der Waals surface area contributed by atoms with Crippen LogP contribution < -0.4 is 9.47 Å². The van der Waals surface area contributed by atoms with Gasteiger partial charge in [0, 0.05) is 19.5 Å². The summed E-state index contributed by atoms with van der Waals surface area (Å²) < 4.78 is 15.9. The minimum absolute atomic E-state index is 0.187. The molecule has 0 spiro atoms. The molecular formula is C15H21NO4. The number of amides is 1. The van der Waals surface area contributed by atoms with E-state index in [1.54, 1.807) is 7.11 Å². The Bertz CT molecular complexity index is 412. The van der Waals surface area contributed by atoms with Gasteiger partial charge in [0.15, 0.2) is 0 Å². The molecule has 1 amide bonds. The van der Waals surface area contributed by atoms with Gasteiger partial charge >= 0.3 is 0 Å². The highest BCUT2D eigenvalue weighted by atomic mass is 16.5. The van der Waals surface area contributed by atoms with E-state index in [2.05, 4.69) is 0 Å². The molecule has 0 bridgehead atoms. The van der Waals surface area contributed by atoms with Gasteiger partial charge in [0.2, 0.25) is 5.91 Å². The number of hydrogen-bond donors (Lipinski definition) is 0. The lowest BCUT2D eigenvalue weighted by atomic mass is 10.2. The van der Waals surface area contributed by atoms with Crippen molar-refractivity contribution in [3.05, 3.63) is 24.3 Å². The second-order valence-electron chi connectivity index (χ2n) is 4.62. The van der Waals surface area contributed by atoms with E-state index >= 15 is 0 Å². The number of rotatable bonds is 6. The number of morpholine rings is 1. The van der Waals surface area contributed by atoms with Crippen LogP contribution in [0.25, 0.3) is 0 Å². The molecule has 0 N–H and O–H groups in total. The molecule has 0 radical (unpaired) electrons. The monoisotopic (exact) mass is 279 g/mol. The van der Waals surface area contributed by atoms with Gasteiger partial charge in [-0.15, -0.1) is 0 Å². The molecule has 1 aliphatic rings. The molecule has 20 heavy (non-hydrogen) atoms. The van der Waals surface area contributed by atoms with Gasteiger partial charge in [-0.1, -0.05) is 0 Å². The molecule has 1 aromatic carbocycles. The van der Waals surface area contributed by atoms with Gasteiger partial charge in [-0.25, -0.2) is 0 Å². The fourth-order valence-corrected chi connectivity index (χ4v) is 2.06. The molecule has 0 atom stereocenters. The van der Waals surface area contributed by atoms with Crippen LogP contribution in [-0.2, 0) is 9.53 Å². The van der Waals surface area contributed by atoms with Gasteiger partial charge in [0.05, 0.1) is 26.9 Å². The molecule has 1 fully saturated rings. The zero-order valence-corrected chi connectivity index (χ0v) is 11.8. The standard InChI is InChI=1S/C15H21NO4/c1-18-13-4-6-14(7-5-13)20-10-2-3-15(17)16-8-11-19-12-9-16/h4-7H,2-3,8-12H2,1H3. The van der Waals surface area contributed by atoms with Crippen molar-refractivity contribution < 1.29 is 19.0 Å². The SMILES string of the molecule is COc1ccc(OCCCC(=O)N2CCOCC2)cc1. The first kappa shape index (κ1) is 14.7.